The van der Waals surface area contributed by atoms with Gasteiger partial charge in [-0.05, 0) is 0 Å². The van der Waals surface area contributed by atoms with E-state index in [4.69, 9.17) is 15.1 Å². The van der Waals surface area contributed by atoms with E-state index in [9.17, 15) is 0 Å². The molecule has 12 heavy (non-hydrogen) atoms. The Kier molecular flexibility index (Phi) is 6.17. The molecule has 0 bridgehead atoms. The van der Waals surface area contributed by atoms with Crippen LogP contribution in [0.5, 0.6) is 0 Å². The molecule has 0 fully saturated rings. The molecule has 0 aromatic heterocycles. The van der Waals surface area contributed by atoms with Crippen LogP contribution in [0.2, 0.25) is 0 Å². The molecular weight excluding hydrogens is 150 g/mol. The van der Waals surface area contributed by atoms with Gasteiger partial charge < -0.3 is 15.1 Å². The van der Waals surface area contributed by atoms with Crippen LogP contribution < -0.4 is 4.24 Å². The maximum atomic E-state index is 7.17. The predicted octanol–water partition coefficient (Wildman–Crippen LogP) is -1.26. The molecule has 0 amide bonds. The Morgan fingerprint density at radius 2 is 1.42 bits per heavy atom. The van der Waals surface area contributed by atoms with Gasteiger partial charge >= 0.3 is 66.0 Å². The molecule has 0 aliphatic rings. The van der Waals surface area contributed by atoms with Crippen LogP contribution in [-0.4, -0.2) is 40.1 Å². The van der Waals surface area contributed by atoms with Crippen LogP contribution in [0.3, 0.4) is 0 Å². The third-order valence-corrected chi connectivity index (χ3v) is 1.22. The van der Waals surface area contributed by atoms with E-state index in [0.29, 0.717) is 0 Å². The summed E-state index contributed by atoms with van der Waals surface area (Å²) in [5.74, 6) is 0. The van der Waals surface area contributed by atoms with Gasteiger partial charge in [0.2, 0.25) is 0 Å². The van der Waals surface area contributed by atoms with Gasteiger partial charge in [0.15, 0.2) is 0 Å². The zero-order valence-corrected chi connectivity index (χ0v) is 7.23. The molecule has 0 atom stereocenters. The Morgan fingerprint density at radius 3 is 1.67 bits per heavy atom. The van der Waals surface area contributed by atoms with Crippen LogP contribution in [0.1, 0.15) is 5.56 Å². The molecule has 1 aromatic rings. The monoisotopic (exact) mass is 160 g/mol. The Hall–Kier alpha value is -0.238. The number of benzene rings is 1. The molecule has 0 spiro atoms. The van der Waals surface area contributed by atoms with Crippen LogP contribution in [0.25, 0.3) is 0 Å². The second-order valence-electron chi connectivity index (χ2n) is 2.50. The van der Waals surface area contributed by atoms with Crippen LogP contribution in [0.15, 0.2) is 24.3 Å². The fourth-order valence-corrected chi connectivity index (χ4v) is 0.637. The maximum absolute atomic E-state index is 7.17. The molecule has 0 saturated carbocycles. The molecule has 0 aliphatic carbocycles. The molecule has 1 aromatic carbocycles. The fourth-order valence-electron chi connectivity index (χ4n) is 0.637. The summed E-state index contributed by atoms with van der Waals surface area (Å²) in [4.78, 5) is 0. The number of hydrogen-bond acceptors (Lipinski definition) is 3. The van der Waals surface area contributed by atoms with Gasteiger partial charge in [0.25, 0.3) is 0 Å². The van der Waals surface area contributed by atoms with Crippen molar-refractivity contribution >= 4 is 29.3 Å². The van der Waals surface area contributed by atoms with Gasteiger partial charge in [0.1, 0.15) is 0 Å². The van der Waals surface area contributed by atoms with E-state index in [-0.39, 0.29) is 0 Å². The third kappa shape index (κ3) is 7.86. The van der Waals surface area contributed by atoms with Crippen molar-refractivity contribution < 1.29 is 15.1 Å². The average Bonchev–Trinajstić information content (AvgIpc) is 1.94. The van der Waals surface area contributed by atoms with Crippen molar-refractivity contribution in [2.45, 2.75) is 6.92 Å². The Bertz CT molecular complexity index is 189. The summed E-state index contributed by atoms with van der Waals surface area (Å²) in [6.07, 6.45) is 0. The second-order valence-corrected chi connectivity index (χ2v) is 2.50. The van der Waals surface area contributed by atoms with Gasteiger partial charge in [-0.3, -0.25) is 0 Å². The van der Waals surface area contributed by atoms with Crippen molar-refractivity contribution in [3.63, 3.8) is 0 Å². The van der Waals surface area contributed by atoms with Crippen molar-refractivity contribution in [1.82, 2.24) is 0 Å². The first-order valence-electron chi connectivity index (χ1n) is 3.60. The Balaban J connectivity index is 0.000000261. The summed E-state index contributed by atoms with van der Waals surface area (Å²) in [5, 5.41) is 21.5. The van der Waals surface area contributed by atoms with Gasteiger partial charge in [-0.2, -0.15) is 0 Å². The van der Waals surface area contributed by atoms with E-state index < -0.39 is 7.32 Å². The summed E-state index contributed by atoms with van der Waals surface area (Å²) in [7, 11) is -2.17. The molecule has 0 aliphatic heterocycles. The molecule has 0 radical (unpaired) electrons. The average molecular weight is 160 g/mol. The van der Waals surface area contributed by atoms with E-state index in [0.717, 1.165) is 0 Å². The van der Waals surface area contributed by atoms with Crippen LogP contribution in [0.4, 0.5) is 0 Å². The standard InChI is InChI=1S/C7H7.BH3O3.Li/c1-7-5-3-2-4-6-7;2-1(3)4;/h3-6H,1H3;2-4H;. The Morgan fingerprint density at radius 1 is 1.08 bits per heavy atom. The fraction of sp³-hybridized carbons (Fsp3) is 0.143. The van der Waals surface area contributed by atoms with E-state index >= 15 is 0 Å². The van der Waals surface area contributed by atoms with Crippen LogP contribution in [-0.2, 0) is 0 Å². The molecule has 0 heterocycles. The first-order chi connectivity index (χ1) is 5.52. The molecule has 5 heteroatoms. The second kappa shape index (κ2) is 6.30. The van der Waals surface area contributed by atoms with Crippen molar-refractivity contribution in [3.8, 4) is 0 Å². The van der Waals surface area contributed by atoms with Crippen LogP contribution >= 0.6 is 0 Å². The van der Waals surface area contributed by atoms with Gasteiger partial charge in [-0.15, -0.1) is 0 Å². The summed E-state index contributed by atoms with van der Waals surface area (Å²) in [5.41, 5.74) is 1.33. The van der Waals surface area contributed by atoms with Crippen molar-refractivity contribution in [3.05, 3.63) is 29.8 Å². The molecule has 3 N–H and O–H groups in total. The van der Waals surface area contributed by atoms with E-state index in [1.165, 1.54) is 9.80 Å². The molecule has 60 valence electrons. The summed E-state index contributed by atoms with van der Waals surface area (Å²) in [6, 6.07) is 8.48. The molecule has 0 unspecified atom stereocenters. The SMILES string of the molecule is OB(O)O.[Li][c]1ccc(C)cc1. The summed E-state index contributed by atoms with van der Waals surface area (Å²) >= 11 is 2.10. The molecule has 0 saturated heterocycles. The van der Waals surface area contributed by atoms with Crippen molar-refractivity contribution in [2.75, 3.05) is 0 Å². The zero-order valence-electron chi connectivity index (χ0n) is 7.23. The predicted molar refractivity (Wildman–Crippen MR) is 49.0 cm³/mol. The molecule has 3 nitrogen and oxygen atoms in total. The number of hydrogen-bond donors (Lipinski definition) is 3. The molecule has 1 rings (SSSR count). The van der Waals surface area contributed by atoms with E-state index in [1.54, 1.807) is 0 Å². The quantitative estimate of drug-likeness (QED) is 0.415. The minimum atomic E-state index is -2.17. The van der Waals surface area contributed by atoms with Gasteiger partial charge in [-0.1, -0.05) is 0 Å². The van der Waals surface area contributed by atoms with E-state index in [2.05, 4.69) is 48.9 Å². The van der Waals surface area contributed by atoms with Gasteiger partial charge in [-0.25, -0.2) is 0 Å². The van der Waals surface area contributed by atoms with Crippen molar-refractivity contribution in [2.24, 2.45) is 0 Å². The minimum absolute atomic E-state index is 1.33. The normalized spacial score (nSPS) is 8.50. The molecular formula is C7H10BLiO3. The zero-order chi connectivity index (χ0) is 9.56. The van der Waals surface area contributed by atoms with Gasteiger partial charge in [0, 0.05) is 0 Å². The van der Waals surface area contributed by atoms with Gasteiger partial charge in [0.05, 0.1) is 0 Å². The Labute approximate surface area is 81.4 Å². The van der Waals surface area contributed by atoms with E-state index in [1.807, 2.05) is 0 Å². The first-order valence-corrected chi connectivity index (χ1v) is 3.60. The number of aryl methyl sites for hydroxylation is 1. The number of rotatable bonds is 0. The first kappa shape index (κ1) is 11.8. The topological polar surface area (TPSA) is 60.7 Å². The van der Waals surface area contributed by atoms with Crippen LogP contribution in [0, 0.1) is 6.92 Å². The summed E-state index contributed by atoms with van der Waals surface area (Å²) < 4.78 is 1.33. The third-order valence-electron chi connectivity index (χ3n) is 1.22. The van der Waals surface area contributed by atoms with Crippen molar-refractivity contribution in [1.29, 1.82) is 0 Å². The summed E-state index contributed by atoms with van der Waals surface area (Å²) in [6.45, 7) is 2.10.